The molecular weight excluding hydrogens is 526 g/mol. The summed E-state index contributed by atoms with van der Waals surface area (Å²) in [5, 5.41) is 32.7. The van der Waals surface area contributed by atoms with E-state index in [4.69, 9.17) is 10.8 Å². The molecule has 0 radical (unpaired) electrons. The largest absolute Gasteiger partial charge is 0.480 e. The van der Waals surface area contributed by atoms with Crippen molar-refractivity contribution in [3.8, 4) is 0 Å². The zero-order chi connectivity index (χ0) is 25.2. The van der Waals surface area contributed by atoms with Crippen LogP contribution in [0.4, 0.5) is 0 Å². The van der Waals surface area contributed by atoms with Crippen molar-refractivity contribution in [1.82, 2.24) is 30.4 Å². The van der Waals surface area contributed by atoms with Gasteiger partial charge in [-0.2, -0.15) is 12.6 Å². The van der Waals surface area contributed by atoms with Gasteiger partial charge < -0.3 is 21.3 Å². The maximum atomic E-state index is 13.3. The quantitative estimate of drug-likeness (QED) is 0.0964. The molecule has 0 spiro atoms. The van der Waals surface area contributed by atoms with E-state index in [1.165, 1.54) is 21.3 Å². The van der Waals surface area contributed by atoms with E-state index in [0.29, 0.717) is 10.7 Å². The summed E-state index contributed by atoms with van der Waals surface area (Å²) in [4.78, 5) is 48.6. The number of aryl methyl sites for hydroxylation is 1. The van der Waals surface area contributed by atoms with Crippen LogP contribution in [0, 0.1) is 0 Å². The molecular formula is C17H23N7O6S4. The molecule has 5 N–H and O–H groups in total. The standard InChI is InChI=1S/C17H23N7O6S4/c1-23-16(20-21-22-23)34-4-7-3-9(31)12-17(32-2,15(30)24(12)11(7)14(28)29)19-10(25)6-33-5-8(18)13(26)27/h8-9,12,31H,3-6,18H2,1-2H3,(H,19,25)(H,26,27)(H,28,29). The van der Waals surface area contributed by atoms with Gasteiger partial charge in [0.1, 0.15) is 11.7 Å². The maximum absolute atomic E-state index is 13.3. The molecule has 2 aliphatic rings. The number of fused-ring (bicyclic) bond motifs is 1. The van der Waals surface area contributed by atoms with E-state index in [1.807, 2.05) is 0 Å². The number of nitrogens with zero attached hydrogens (tertiary/aromatic N) is 5. The second-order valence-electron chi connectivity index (χ2n) is 7.47. The van der Waals surface area contributed by atoms with Gasteiger partial charge in [0.15, 0.2) is 4.87 Å². The molecule has 3 rings (SSSR count). The molecule has 0 saturated carbocycles. The molecule has 0 aromatic carbocycles. The number of hydrogen-bond acceptors (Lipinski definition) is 12. The van der Waals surface area contributed by atoms with Crippen LogP contribution in [0.25, 0.3) is 0 Å². The number of aliphatic carboxylic acids is 2. The Balaban J connectivity index is 1.76. The number of carboxylic acids is 2. The number of carbonyl (C=O) groups is 4. The number of tetrazole rings is 1. The van der Waals surface area contributed by atoms with Gasteiger partial charge in [-0.1, -0.05) is 11.8 Å². The number of carboxylic acid groups (broad SMARTS) is 2. The molecule has 2 aliphatic heterocycles. The highest BCUT2D eigenvalue weighted by Crippen LogP contribution is 2.49. The summed E-state index contributed by atoms with van der Waals surface area (Å²) in [6.45, 7) is 0. The lowest BCUT2D eigenvalue weighted by molar-refractivity contribution is -0.158. The van der Waals surface area contributed by atoms with E-state index in [0.717, 1.165) is 23.5 Å². The molecule has 13 nitrogen and oxygen atoms in total. The molecule has 186 valence electrons. The summed E-state index contributed by atoms with van der Waals surface area (Å²) >= 11 is 8.03. The minimum atomic E-state index is -1.37. The highest BCUT2D eigenvalue weighted by Gasteiger charge is 2.67. The topological polar surface area (TPSA) is 194 Å². The van der Waals surface area contributed by atoms with Gasteiger partial charge in [0.25, 0.3) is 5.91 Å². The fourth-order valence-electron chi connectivity index (χ4n) is 3.72. The summed E-state index contributed by atoms with van der Waals surface area (Å²) in [7, 11) is 1.66. The van der Waals surface area contributed by atoms with E-state index < -0.39 is 46.0 Å². The Morgan fingerprint density at radius 3 is 2.65 bits per heavy atom. The predicted octanol–water partition coefficient (Wildman–Crippen LogP) is -1.13. The van der Waals surface area contributed by atoms with Crippen molar-refractivity contribution < 1.29 is 29.4 Å². The van der Waals surface area contributed by atoms with E-state index >= 15 is 0 Å². The van der Waals surface area contributed by atoms with E-state index in [-0.39, 0.29) is 29.4 Å². The monoisotopic (exact) mass is 549 g/mol. The van der Waals surface area contributed by atoms with Crippen LogP contribution < -0.4 is 11.1 Å². The van der Waals surface area contributed by atoms with Gasteiger partial charge in [-0.05, 0) is 28.7 Å². The maximum Gasteiger partial charge on any atom is 0.352 e. The highest BCUT2D eigenvalue weighted by molar-refractivity contribution is 8.01. The fraction of sp³-hybridized carbons (Fsp3) is 0.588. The van der Waals surface area contributed by atoms with Gasteiger partial charge in [-0.15, -0.1) is 28.6 Å². The first kappa shape index (κ1) is 26.7. The van der Waals surface area contributed by atoms with Gasteiger partial charge in [0.2, 0.25) is 11.1 Å². The number of amides is 2. The van der Waals surface area contributed by atoms with Crippen molar-refractivity contribution in [2.24, 2.45) is 12.8 Å². The lowest BCUT2D eigenvalue weighted by atomic mass is 9.82. The Morgan fingerprint density at radius 2 is 2.09 bits per heavy atom. The summed E-state index contributed by atoms with van der Waals surface area (Å²) in [5.74, 6) is -3.27. The zero-order valence-electron chi connectivity index (χ0n) is 18.1. The van der Waals surface area contributed by atoms with Gasteiger partial charge in [-0.3, -0.25) is 19.3 Å². The number of nitrogens with one attached hydrogen (secondary N) is 1. The van der Waals surface area contributed by atoms with Crippen LogP contribution in [0.1, 0.15) is 6.42 Å². The van der Waals surface area contributed by atoms with Gasteiger partial charge in [0.05, 0.1) is 11.8 Å². The van der Waals surface area contributed by atoms with E-state index in [1.54, 1.807) is 13.3 Å². The Hall–Kier alpha value is -1.95. The van der Waals surface area contributed by atoms with E-state index in [9.17, 15) is 24.3 Å². The lowest BCUT2D eigenvalue weighted by Gasteiger charge is -2.59. The average Bonchev–Trinajstić information content (AvgIpc) is 3.19. The number of β-lactam (4-membered cyclic amide) rings is 1. The molecule has 4 atom stereocenters. The first-order valence-electron chi connectivity index (χ1n) is 9.78. The first-order chi connectivity index (χ1) is 16.0. The third kappa shape index (κ3) is 5.02. The Bertz CT molecular complexity index is 1040. The molecule has 34 heavy (non-hydrogen) atoms. The van der Waals surface area contributed by atoms with Crippen LogP contribution in [0.2, 0.25) is 0 Å². The number of nitrogens with two attached hydrogens (primary N) is 1. The van der Waals surface area contributed by atoms with Crippen molar-refractivity contribution in [2.75, 3.05) is 23.5 Å². The molecule has 1 saturated heterocycles. The number of rotatable bonds is 11. The molecule has 3 heterocycles. The molecule has 1 aromatic heterocycles. The van der Waals surface area contributed by atoms with E-state index in [2.05, 4.69) is 33.5 Å². The summed E-state index contributed by atoms with van der Waals surface area (Å²) in [5.41, 5.74) is 5.84. The molecule has 0 bridgehead atoms. The number of carbonyl (C=O) groups excluding carboxylic acids is 2. The van der Waals surface area contributed by atoms with Crippen molar-refractivity contribution in [3.63, 3.8) is 0 Å². The van der Waals surface area contributed by atoms with Crippen molar-refractivity contribution in [3.05, 3.63) is 11.3 Å². The summed E-state index contributed by atoms with van der Waals surface area (Å²) in [6, 6.07) is -1.78. The third-order valence-electron chi connectivity index (χ3n) is 5.28. The average molecular weight is 550 g/mol. The lowest BCUT2D eigenvalue weighted by Crippen LogP contribution is -2.81. The second kappa shape index (κ2) is 10.8. The van der Waals surface area contributed by atoms with Crippen LogP contribution in [-0.4, -0.2) is 105 Å². The van der Waals surface area contributed by atoms with Crippen LogP contribution >= 0.6 is 47.9 Å². The van der Waals surface area contributed by atoms with Crippen LogP contribution in [0.15, 0.2) is 16.4 Å². The van der Waals surface area contributed by atoms with Gasteiger partial charge in [0, 0.05) is 23.8 Å². The molecule has 0 aliphatic carbocycles. The van der Waals surface area contributed by atoms with Crippen LogP contribution in [-0.2, 0) is 26.2 Å². The summed E-state index contributed by atoms with van der Waals surface area (Å²) in [6.07, 6.45) is 1.94. The minimum absolute atomic E-state index is 0.0294. The number of aromatic nitrogens is 4. The number of thiol groups is 1. The fourth-order valence-corrected chi connectivity index (χ4v) is 7.04. The molecule has 2 amide bonds. The van der Waals surface area contributed by atoms with Gasteiger partial charge >= 0.3 is 11.9 Å². The smallest absolute Gasteiger partial charge is 0.352 e. The predicted molar refractivity (Wildman–Crippen MR) is 130 cm³/mol. The normalized spacial score (nSPS) is 24.9. The van der Waals surface area contributed by atoms with Crippen molar-refractivity contribution >= 4 is 71.7 Å². The SMILES string of the molecule is CSC1(NC(=O)CSCC(N)C(=O)O)C(=O)N2C(C(=O)O)=C(CSc3nnnn3C)CC(S)C21. The molecule has 1 fully saturated rings. The first-order valence-corrected chi connectivity index (χ1v) is 13.7. The number of hydrogen-bond donors (Lipinski definition) is 5. The third-order valence-corrected chi connectivity index (χ3v) is 9.07. The van der Waals surface area contributed by atoms with Gasteiger partial charge in [-0.25, -0.2) is 9.48 Å². The highest BCUT2D eigenvalue weighted by atomic mass is 32.2. The minimum Gasteiger partial charge on any atom is -0.480 e. The molecule has 1 aromatic rings. The zero-order valence-corrected chi connectivity index (χ0v) is 21.4. The Kier molecular flexibility index (Phi) is 8.43. The molecule has 17 heteroatoms. The summed E-state index contributed by atoms with van der Waals surface area (Å²) < 4.78 is 1.46. The van der Waals surface area contributed by atoms with Crippen molar-refractivity contribution in [1.29, 1.82) is 0 Å². The number of thioether (sulfide) groups is 3. The Labute approximate surface area is 212 Å². The van der Waals surface area contributed by atoms with Crippen LogP contribution in [0.3, 0.4) is 0 Å². The Morgan fingerprint density at radius 1 is 1.38 bits per heavy atom. The second-order valence-corrected chi connectivity index (χ2v) is 11.2. The van der Waals surface area contributed by atoms with Crippen molar-refractivity contribution in [2.45, 2.75) is 33.8 Å². The van der Waals surface area contributed by atoms with Crippen LogP contribution in [0.5, 0.6) is 0 Å². The molecule has 4 unspecified atom stereocenters.